The molecule has 0 radical (unpaired) electrons. The van der Waals surface area contributed by atoms with Crippen molar-refractivity contribution in [2.75, 3.05) is 0 Å². The topological polar surface area (TPSA) is 129 Å². The Morgan fingerprint density at radius 3 is 0.556 bits per heavy atom. The van der Waals surface area contributed by atoms with Crippen molar-refractivity contribution in [2.45, 2.75) is 48.5 Å². The summed E-state index contributed by atoms with van der Waals surface area (Å²) in [6.07, 6.45) is 9.61. The Bertz CT molecular complexity index is 7760. The molecular weight excluding hydrogens is 1620 g/mol. The molecule has 0 bridgehead atoms. The number of aromatic nitrogens is 10. The molecule has 0 unspecified atom stereocenters. The summed E-state index contributed by atoms with van der Waals surface area (Å²) in [4.78, 5) is 46.0. The molecule has 0 saturated carbocycles. The monoisotopic (exact) mass is 1700 g/mol. The van der Waals surface area contributed by atoms with E-state index in [2.05, 4.69) is 406 Å². The van der Waals surface area contributed by atoms with Gasteiger partial charge < -0.3 is 0 Å². The largest absolute Gasteiger partial charge is 0.261 e. The van der Waals surface area contributed by atoms with E-state index in [-0.39, 0.29) is 0 Å². The third-order valence-electron chi connectivity index (χ3n) is 25.7. The molecular formula is C123H88N10. The second-order valence-corrected chi connectivity index (χ2v) is 34.2. The SMILES string of the molecule is Cc1cc2c3ccccc3c3ccccc3c2cn1.Cc1cc2c3ccccc3c3ccccc3c2cn1.Cc1ccc2c3ccccc3c3ccccc3c2n1.Cc1ccc2c3ccccc3c3ccccc3c2n1.Cc1cnc2c3ccccc3c3ccccc3c2n1.Cc1cnc2c3ccccc3c3ccccc3c2n1.Cc1ncc2c3ccccc3c3ccccc3c2n1. The highest BCUT2D eigenvalue weighted by Crippen LogP contribution is 2.42. The molecule has 0 aliphatic rings. The number of nitrogens with zero attached hydrogens (tertiary/aromatic N) is 10. The van der Waals surface area contributed by atoms with Gasteiger partial charge in [0.15, 0.2) is 0 Å². The van der Waals surface area contributed by atoms with E-state index in [4.69, 9.17) is 19.9 Å². The molecule has 0 aliphatic heterocycles. The van der Waals surface area contributed by atoms with Crippen LogP contribution in [0.1, 0.15) is 40.0 Å². The van der Waals surface area contributed by atoms with Crippen LogP contribution in [0.3, 0.4) is 0 Å². The molecule has 630 valence electrons. The predicted molar refractivity (Wildman–Crippen MR) is 564 cm³/mol. The van der Waals surface area contributed by atoms with Crippen molar-refractivity contribution in [1.29, 1.82) is 0 Å². The van der Waals surface area contributed by atoms with Crippen molar-refractivity contribution >= 4 is 227 Å². The zero-order chi connectivity index (χ0) is 89.7. The van der Waals surface area contributed by atoms with Gasteiger partial charge in [-0.15, -0.1) is 0 Å². The van der Waals surface area contributed by atoms with Crippen molar-refractivity contribution in [1.82, 2.24) is 49.8 Å². The van der Waals surface area contributed by atoms with Crippen LogP contribution in [-0.2, 0) is 0 Å². The second kappa shape index (κ2) is 34.8. The van der Waals surface area contributed by atoms with Gasteiger partial charge in [0.2, 0.25) is 0 Å². The highest BCUT2D eigenvalue weighted by atomic mass is 14.9. The molecule has 0 fully saturated rings. The number of aryl methyl sites for hydroxylation is 7. The fraction of sp³-hybridized carbons (Fsp3) is 0.0569. The maximum Gasteiger partial charge on any atom is 0.125 e. The fourth-order valence-corrected chi connectivity index (χ4v) is 19.7. The number of hydrogen-bond donors (Lipinski definition) is 0. The van der Waals surface area contributed by atoms with E-state index in [0.717, 1.165) is 84.0 Å². The summed E-state index contributed by atoms with van der Waals surface area (Å²) in [6, 6.07) is 132. The van der Waals surface area contributed by atoms with Crippen molar-refractivity contribution in [3.05, 3.63) is 447 Å². The third-order valence-corrected chi connectivity index (χ3v) is 25.7. The van der Waals surface area contributed by atoms with Crippen LogP contribution >= 0.6 is 0 Å². The van der Waals surface area contributed by atoms with Gasteiger partial charge in [0.25, 0.3) is 0 Å². The highest BCUT2D eigenvalue weighted by Gasteiger charge is 2.18. The van der Waals surface area contributed by atoms with Gasteiger partial charge in [0, 0.05) is 118 Å². The Balaban J connectivity index is 0.0000000905. The standard InChI is InChI=1S/4C18H13N.3C17H12N2/c2*1-12-10-17-15-8-4-2-6-13(15)14-7-3-5-9-16(14)18(17)11-19-12;2*1-12-10-11-17-15-8-3-2-6-13(15)14-7-4-5-9-16(14)18(17)19-12;2*1-11-10-18-16-14-8-4-2-6-12(14)13-7-3-5-9-15(13)17(16)19-11;1-11-18-10-16-14-8-3-2-6-12(14)13-7-4-5-9-15(13)17(16)19-11/h4*2-11H,1H3;3*2-10H,1H3. The fourth-order valence-electron chi connectivity index (χ4n) is 19.7. The summed E-state index contributed by atoms with van der Waals surface area (Å²) in [7, 11) is 0. The van der Waals surface area contributed by atoms with Gasteiger partial charge in [-0.1, -0.05) is 352 Å². The molecule has 10 heteroatoms. The average molecular weight is 1710 g/mol. The van der Waals surface area contributed by atoms with Gasteiger partial charge >= 0.3 is 0 Å². The van der Waals surface area contributed by atoms with Gasteiger partial charge in [-0.2, -0.15) is 0 Å². The maximum absolute atomic E-state index is 4.75. The van der Waals surface area contributed by atoms with Gasteiger partial charge in [0.1, 0.15) is 5.82 Å². The minimum atomic E-state index is 0.813. The van der Waals surface area contributed by atoms with E-state index in [0.29, 0.717) is 0 Å². The Labute approximate surface area is 767 Å². The Hall–Kier alpha value is -17.1. The molecule has 28 aromatic rings. The van der Waals surface area contributed by atoms with Crippen LogP contribution in [0.4, 0.5) is 0 Å². The maximum atomic E-state index is 4.75. The zero-order valence-corrected chi connectivity index (χ0v) is 74.7. The molecule has 0 atom stereocenters. The normalized spacial score (nSPS) is 11.4. The van der Waals surface area contributed by atoms with Gasteiger partial charge in [-0.3, -0.25) is 29.9 Å². The van der Waals surface area contributed by atoms with Gasteiger partial charge in [-0.05, 0) is 197 Å². The summed E-state index contributed by atoms with van der Waals surface area (Å²) in [5, 5.41) is 43.8. The first kappa shape index (κ1) is 81.7. The average Bonchev–Trinajstić information content (AvgIpc) is 0.783. The van der Waals surface area contributed by atoms with Crippen LogP contribution in [-0.4, -0.2) is 49.8 Å². The summed E-state index contributed by atoms with van der Waals surface area (Å²) in [5.41, 5.74) is 13.4. The highest BCUT2D eigenvalue weighted by molar-refractivity contribution is 6.30. The van der Waals surface area contributed by atoms with E-state index in [9.17, 15) is 0 Å². The van der Waals surface area contributed by atoms with Crippen LogP contribution in [0.2, 0.25) is 0 Å². The van der Waals surface area contributed by atoms with E-state index in [1.54, 1.807) is 0 Å². The van der Waals surface area contributed by atoms with Gasteiger partial charge in [0.05, 0.1) is 50.0 Å². The lowest BCUT2D eigenvalue weighted by atomic mass is 9.95. The third kappa shape index (κ3) is 15.1. The molecule has 133 heavy (non-hydrogen) atoms. The number of benzene rings is 21. The first-order valence-corrected chi connectivity index (χ1v) is 45.1. The minimum absolute atomic E-state index is 0.813. The number of pyridine rings is 4. The Morgan fingerprint density at radius 2 is 0.293 bits per heavy atom. The molecule has 10 nitrogen and oxygen atoms in total. The molecule has 0 spiro atoms. The first-order chi connectivity index (χ1) is 65.4. The smallest absolute Gasteiger partial charge is 0.125 e. The molecule has 0 amide bonds. The molecule has 7 aromatic heterocycles. The quantitative estimate of drug-likeness (QED) is 0.135. The van der Waals surface area contributed by atoms with Crippen molar-refractivity contribution in [3.63, 3.8) is 0 Å². The van der Waals surface area contributed by atoms with Crippen LogP contribution in [0.15, 0.2) is 407 Å². The summed E-state index contributed by atoms with van der Waals surface area (Å²) in [6.45, 7) is 14.1. The Kier molecular flexibility index (Phi) is 21.4. The lowest BCUT2D eigenvalue weighted by Gasteiger charge is -2.10. The van der Waals surface area contributed by atoms with Crippen molar-refractivity contribution in [2.24, 2.45) is 0 Å². The molecule has 28 rings (SSSR count). The molecule has 0 aliphatic carbocycles. The summed E-state index contributed by atoms with van der Waals surface area (Å²) < 4.78 is 0. The number of rotatable bonds is 0. The first-order valence-electron chi connectivity index (χ1n) is 45.1. The minimum Gasteiger partial charge on any atom is -0.261 e. The van der Waals surface area contributed by atoms with Crippen molar-refractivity contribution < 1.29 is 0 Å². The molecule has 21 aromatic carbocycles. The second-order valence-electron chi connectivity index (χ2n) is 34.2. The van der Waals surface area contributed by atoms with Crippen molar-refractivity contribution in [3.8, 4) is 0 Å². The summed E-state index contributed by atoms with van der Waals surface area (Å²) >= 11 is 0. The Morgan fingerprint density at radius 1 is 0.113 bits per heavy atom. The van der Waals surface area contributed by atoms with Crippen LogP contribution < -0.4 is 0 Å². The predicted octanol–water partition coefficient (Wildman–Crippen LogP) is 32.1. The molecule has 0 N–H and O–H groups in total. The number of fused-ring (bicyclic) bond motifs is 42. The number of hydrogen-bond acceptors (Lipinski definition) is 10. The van der Waals surface area contributed by atoms with E-state index >= 15 is 0 Å². The lowest BCUT2D eigenvalue weighted by molar-refractivity contribution is 1.10. The summed E-state index contributed by atoms with van der Waals surface area (Å²) in [5.74, 6) is 0.813. The van der Waals surface area contributed by atoms with E-state index in [1.165, 1.54) is 183 Å². The van der Waals surface area contributed by atoms with Crippen LogP contribution in [0, 0.1) is 48.5 Å². The zero-order valence-electron chi connectivity index (χ0n) is 74.7. The van der Waals surface area contributed by atoms with E-state index < -0.39 is 0 Å². The molecule has 7 heterocycles. The molecule has 0 saturated heterocycles. The van der Waals surface area contributed by atoms with E-state index in [1.807, 2.05) is 79.5 Å². The lowest BCUT2D eigenvalue weighted by Crippen LogP contribution is -1.90. The van der Waals surface area contributed by atoms with Crippen LogP contribution in [0.25, 0.3) is 227 Å². The van der Waals surface area contributed by atoms with Crippen LogP contribution in [0.5, 0.6) is 0 Å². The van der Waals surface area contributed by atoms with Gasteiger partial charge in [-0.25, -0.2) is 19.9 Å².